The van der Waals surface area contributed by atoms with E-state index in [4.69, 9.17) is 10.1 Å². The molecule has 3 aromatic rings. The molecule has 0 spiro atoms. The highest BCUT2D eigenvalue weighted by atomic mass is 79.9. The van der Waals surface area contributed by atoms with Crippen LogP contribution in [0.1, 0.15) is 47.1 Å². The summed E-state index contributed by atoms with van der Waals surface area (Å²) in [4.78, 5) is 26.2. The van der Waals surface area contributed by atoms with Gasteiger partial charge in [-0.3, -0.25) is 4.79 Å². The van der Waals surface area contributed by atoms with Crippen molar-refractivity contribution in [3.8, 4) is 6.07 Å². The number of anilines is 1. The van der Waals surface area contributed by atoms with Crippen LogP contribution in [0.15, 0.2) is 35.1 Å². The minimum Gasteiger partial charge on any atom is -0.390 e. The number of piperidine rings is 1. The molecule has 2 fully saturated rings. The summed E-state index contributed by atoms with van der Waals surface area (Å²) >= 11 is 3.45. The molecule has 1 amide bonds. The molecule has 2 aliphatic heterocycles. The lowest BCUT2D eigenvalue weighted by Gasteiger charge is -2.34. The number of pyridine rings is 1. The number of hydrogen-bond acceptors (Lipinski definition) is 7. The molecule has 0 saturated carbocycles. The number of likely N-dealkylation sites (tertiary alicyclic amines) is 1. The summed E-state index contributed by atoms with van der Waals surface area (Å²) in [6.45, 7) is 3.43. The van der Waals surface area contributed by atoms with Gasteiger partial charge in [-0.15, -0.1) is 0 Å². The molecule has 2 saturated heterocycles. The number of rotatable bonds is 3. The maximum Gasteiger partial charge on any atom is 0.274 e. The van der Waals surface area contributed by atoms with Crippen molar-refractivity contribution < 1.29 is 9.90 Å². The number of aryl methyl sites for hydroxylation is 1. The van der Waals surface area contributed by atoms with Gasteiger partial charge < -0.3 is 14.9 Å². The Labute approximate surface area is 199 Å². The predicted octanol–water partition coefficient (Wildman–Crippen LogP) is 2.88. The van der Waals surface area contributed by atoms with Crippen LogP contribution in [0.3, 0.4) is 0 Å². The predicted molar refractivity (Wildman–Crippen MR) is 125 cm³/mol. The highest BCUT2D eigenvalue weighted by molar-refractivity contribution is 9.10. The van der Waals surface area contributed by atoms with Crippen LogP contribution in [0, 0.1) is 24.2 Å². The number of aliphatic hydroxyl groups excluding tert-OH is 1. The number of halogens is 1. The first kappa shape index (κ1) is 21.8. The van der Waals surface area contributed by atoms with Crippen molar-refractivity contribution >= 4 is 33.3 Å². The molecule has 9 nitrogen and oxygen atoms in total. The van der Waals surface area contributed by atoms with E-state index in [1.165, 1.54) is 0 Å². The van der Waals surface area contributed by atoms with E-state index < -0.39 is 12.0 Å². The number of fused-ring (bicyclic) bond motifs is 1. The summed E-state index contributed by atoms with van der Waals surface area (Å²) in [6.07, 6.45) is 5.65. The van der Waals surface area contributed by atoms with E-state index in [0.29, 0.717) is 35.4 Å². The number of hydrogen-bond donors (Lipinski definition) is 1. The topological polar surface area (TPSA) is 111 Å². The summed E-state index contributed by atoms with van der Waals surface area (Å²) in [5, 5.41) is 24.2. The Morgan fingerprint density at radius 1 is 1.33 bits per heavy atom. The van der Waals surface area contributed by atoms with Crippen molar-refractivity contribution in [2.24, 2.45) is 5.92 Å². The minimum atomic E-state index is -0.680. The van der Waals surface area contributed by atoms with Crippen LogP contribution in [-0.4, -0.2) is 61.2 Å². The molecule has 33 heavy (non-hydrogen) atoms. The van der Waals surface area contributed by atoms with Gasteiger partial charge in [0.2, 0.25) is 0 Å². The van der Waals surface area contributed by atoms with Crippen molar-refractivity contribution in [3.05, 3.63) is 52.0 Å². The molecule has 3 atom stereocenters. The molecule has 10 heteroatoms. The SMILES string of the molecule is Cc1cn2nc([C@@H]3CCCCN3C(=O)c3ncccc3Br)cc2nc1N1C[C@@H](C#N)[C@@H](O)C1. The zero-order valence-electron chi connectivity index (χ0n) is 18.2. The van der Waals surface area contributed by atoms with Crippen LogP contribution >= 0.6 is 15.9 Å². The van der Waals surface area contributed by atoms with E-state index in [1.807, 2.05) is 35.1 Å². The number of nitrogens with zero attached hydrogens (tertiary/aromatic N) is 7. The molecule has 0 unspecified atom stereocenters. The molecule has 0 bridgehead atoms. The fraction of sp³-hybridized carbons (Fsp3) is 0.435. The molecule has 1 N–H and O–H groups in total. The fourth-order valence-electron chi connectivity index (χ4n) is 4.75. The Morgan fingerprint density at radius 3 is 2.94 bits per heavy atom. The van der Waals surface area contributed by atoms with Gasteiger partial charge in [0.05, 0.1) is 29.8 Å². The summed E-state index contributed by atoms with van der Waals surface area (Å²) in [7, 11) is 0. The van der Waals surface area contributed by atoms with E-state index in [-0.39, 0.29) is 11.9 Å². The normalized spacial score (nSPS) is 23.2. The number of aromatic nitrogens is 4. The molecule has 3 aromatic heterocycles. The third kappa shape index (κ3) is 3.96. The van der Waals surface area contributed by atoms with E-state index in [0.717, 1.165) is 36.3 Å². The average molecular weight is 510 g/mol. The van der Waals surface area contributed by atoms with Gasteiger partial charge >= 0.3 is 0 Å². The molecule has 2 aliphatic rings. The van der Waals surface area contributed by atoms with Crippen molar-refractivity contribution in [2.75, 3.05) is 24.5 Å². The smallest absolute Gasteiger partial charge is 0.274 e. The van der Waals surface area contributed by atoms with E-state index in [1.54, 1.807) is 16.8 Å². The minimum absolute atomic E-state index is 0.109. The van der Waals surface area contributed by atoms with Gasteiger partial charge in [0.15, 0.2) is 5.65 Å². The highest BCUT2D eigenvalue weighted by Crippen LogP contribution is 2.33. The second-order valence-electron chi connectivity index (χ2n) is 8.67. The van der Waals surface area contributed by atoms with Crippen molar-refractivity contribution in [3.63, 3.8) is 0 Å². The second-order valence-corrected chi connectivity index (χ2v) is 9.53. The zero-order chi connectivity index (χ0) is 23.1. The zero-order valence-corrected chi connectivity index (χ0v) is 19.8. The lowest BCUT2D eigenvalue weighted by atomic mass is 9.99. The lowest BCUT2D eigenvalue weighted by molar-refractivity contribution is 0.0598. The number of carbonyl (C=O) groups is 1. The Bertz CT molecular complexity index is 1250. The summed E-state index contributed by atoms with van der Waals surface area (Å²) in [5.74, 6) is 0.220. The first-order chi connectivity index (χ1) is 16.0. The van der Waals surface area contributed by atoms with Crippen LogP contribution in [0.4, 0.5) is 5.82 Å². The van der Waals surface area contributed by atoms with Gasteiger partial charge in [-0.1, -0.05) is 0 Å². The molecule has 0 radical (unpaired) electrons. The maximum atomic E-state index is 13.3. The van der Waals surface area contributed by atoms with Crippen LogP contribution in [0.2, 0.25) is 0 Å². The third-order valence-corrected chi connectivity index (χ3v) is 7.08. The van der Waals surface area contributed by atoms with Gasteiger partial charge in [0.1, 0.15) is 11.5 Å². The van der Waals surface area contributed by atoms with E-state index in [9.17, 15) is 15.2 Å². The lowest BCUT2D eigenvalue weighted by Crippen LogP contribution is -2.39. The largest absolute Gasteiger partial charge is 0.390 e. The summed E-state index contributed by atoms with van der Waals surface area (Å²) in [6, 6.07) is 7.56. The van der Waals surface area contributed by atoms with Gasteiger partial charge in [0, 0.05) is 48.1 Å². The summed E-state index contributed by atoms with van der Waals surface area (Å²) in [5.41, 5.74) is 2.80. The fourth-order valence-corrected chi connectivity index (χ4v) is 5.17. The first-order valence-electron chi connectivity index (χ1n) is 11.1. The Kier molecular flexibility index (Phi) is 5.76. The highest BCUT2D eigenvalue weighted by Gasteiger charge is 2.34. The van der Waals surface area contributed by atoms with Crippen molar-refractivity contribution in [2.45, 2.75) is 38.3 Å². The Hall–Kier alpha value is -3.03. The summed E-state index contributed by atoms with van der Waals surface area (Å²) < 4.78 is 2.43. The average Bonchev–Trinajstić information content (AvgIpc) is 3.40. The van der Waals surface area contributed by atoms with Gasteiger partial charge in [-0.25, -0.2) is 14.5 Å². The van der Waals surface area contributed by atoms with Crippen LogP contribution < -0.4 is 4.90 Å². The van der Waals surface area contributed by atoms with E-state index >= 15 is 0 Å². The Balaban J connectivity index is 1.47. The van der Waals surface area contributed by atoms with Crippen LogP contribution in [-0.2, 0) is 0 Å². The Morgan fingerprint density at radius 2 is 2.18 bits per heavy atom. The molecule has 0 aliphatic carbocycles. The second kappa shape index (κ2) is 8.72. The monoisotopic (exact) mass is 509 g/mol. The van der Waals surface area contributed by atoms with Gasteiger partial charge in [-0.05, 0) is 54.2 Å². The van der Waals surface area contributed by atoms with E-state index in [2.05, 4.69) is 27.0 Å². The number of β-amino-alcohol motifs (C(OH)–C–C–N with tert-alkyl or cyclic N) is 1. The third-order valence-electron chi connectivity index (χ3n) is 6.44. The molecular formula is C23H24BrN7O2. The molecule has 5 rings (SSSR count). The van der Waals surface area contributed by atoms with Crippen LogP contribution in [0.5, 0.6) is 0 Å². The number of aliphatic hydroxyl groups is 1. The molecular weight excluding hydrogens is 486 g/mol. The molecule has 0 aromatic carbocycles. The van der Waals surface area contributed by atoms with Gasteiger partial charge in [0.25, 0.3) is 5.91 Å². The first-order valence-corrected chi connectivity index (χ1v) is 11.9. The number of carbonyl (C=O) groups excluding carboxylic acids is 1. The standard InChI is InChI=1S/C23H24BrN7O2/c1-14-11-31-20(27-22(14)29-12-15(10-25)19(32)13-29)9-17(28-31)18-6-2-3-8-30(18)23(33)21-16(24)5-4-7-26-21/h4-5,7,9,11,15,18-19,32H,2-3,6,8,12-13H2,1H3/t15-,18+,19+/m1/s1. The van der Waals surface area contributed by atoms with Crippen LogP contribution in [0.25, 0.3) is 5.65 Å². The van der Waals surface area contributed by atoms with Crippen molar-refractivity contribution in [1.29, 1.82) is 5.26 Å². The maximum absolute atomic E-state index is 13.3. The van der Waals surface area contributed by atoms with Gasteiger partial charge in [-0.2, -0.15) is 10.4 Å². The quantitative estimate of drug-likeness (QED) is 0.577. The number of amides is 1. The molecule has 170 valence electrons. The number of nitriles is 1. The molecule has 5 heterocycles. The van der Waals surface area contributed by atoms with Crippen molar-refractivity contribution in [1.82, 2.24) is 24.5 Å².